The lowest BCUT2D eigenvalue weighted by Gasteiger charge is -2.14. The molecule has 0 saturated heterocycles. The third kappa shape index (κ3) is 2.78. The van der Waals surface area contributed by atoms with Gasteiger partial charge in [-0.05, 0) is 48.4 Å². The van der Waals surface area contributed by atoms with Gasteiger partial charge in [0.2, 0.25) is 0 Å². The number of nitrogens with zero attached hydrogens (tertiary/aromatic N) is 1. The van der Waals surface area contributed by atoms with Crippen molar-refractivity contribution in [3.63, 3.8) is 0 Å². The Balaban J connectivity index is 2.43. The maximum Gasteiger partial charge on any atom is 0.0741 e. The zero-order valence-electron chi connectivity index (χ0n) is 9.32. The van der Waals surface area contributed by atoms with Crippen molar-refractivity contribution in [3.05, 3.63) is 63.4 Å². The average molecular weight is 267 g/mol. The smallest absolute Gasteiger partial charge is 0.0741 e. The Morgan fingerprint density at radius 1 is 1.18 bits per heavy atom. The molecule has 1 heterocycles. The van der Waals surface area contributed by atoms with Crippen LogP contribution in [0.5, 0.6) is 0 Å². The van der Waals surface area contributed by atoms with E-state index in [1.165, 1.54) is 0 Å². The number of hydrogen-bond donors (Lipinski definition) is 1. The van der Waals surface area contributed by atoms with Gasteiger partial charge in [-0.15, -0.1) is 0 Å². The number of aryl methyl sites for hydroxylation is 1. The lowest BCUT2D eigenvalue weighted by molar-refractivity contribution is 0.827. The summed E-state index contributed by atoms with van der Waals surface area (Å²) in [5.74, 6) is 0. The van der Waals surface area contributed by atoms with Gasteiger partial charge in [-0.25, -0.2) is 0 Å². The molecule has 0 saturated carbocycles. The molecule has 2 rings (SSSR count). The molecule has 0 radical (unpaired) electrons. The molecule has 1 unspecified atom stereocenters. The maximum atomic E-state index is 6.15. The summed E-state index contributed by atoms with van der Waals surface area (Å²) in [4.78, 5) is 4.26. The van der Waals surface area contributed by atoms with Crippen LogP contribution < -0.4 is 5.73 Å². The lowest BCUT2D eigenvalue weighted by atomic mass is 10.0. The average Bonchev–Trinajstić information content (AvgIpc) is 2.31. The molecular weight excluding hydrogens is 255 g/mol. The highest BCUT2D eigenvalue weighted by atomic mass is 35.5. The van der Waals surface area contributed by atoms with Crippen LogP contribution in [0.4, 0.5) is 0 Å². The van der Waals surface area contributed by atoms with Crippen LogP contribution in [0.3, 0.4) is 0 Å². The van der Waals surface area contributed by atoms with Gasteiger partial charge in [0.15, 0.2) is 0 Å². The monoisotopic (exact) mass is 266 g/mol. The van der Waals surface area contributed by atoms with Crippen molar-refractivity contribution in [2.45, 2.75) is 13.0 Å². The topological polar surface area (TPSA) is 38.9 Å². The standard InChI is InChI=1S/C13H12Cl2N2/c1-8-4-5-17-12(6-8)13(16)10-7-9(14)2-3-11(10)15/h2-7,13H,16H2,1H3. The molecule has 0 aliphatic carbocycles. The molecule has 0 aliphatic heterocycles. The molecule has 0 aliphatic rings. The van der Waals surface area contributed by atoms with E-state index >= 15 is 0 Å². The van der Waals surface area contributed by atoms with Crippen molar-refractivity contribution >= 4 is 23.2 Å². The van der Waals surface area contributed by atoms with Gasteiger partial charge in [0, 0.05) is 16.2 Å². The number of aromatic nitrogens is 1. The summed E-state index contributed by atoms with van der Waals surface area (Å²) in [5.41, 5.74) is 8.84. The molecule has 2 nitrogen and oxygen atoms in total. The molecule has 0 fully saturated rings. The van der Waals surface area contributed by atoms with Crippen LogP contribution in [0.25, 0.3) is 0 Å². The Labute approximate surface area is 110 Å². The molecule has 1 aromatic heterocycles. The molecule has 4 heteroatoms. The fraction of sp³-hybridized carbons (Fsp3) is 0.154. The zero-order valence-corrected chi connectivity index (χ0v) is 10.8. The minimum atomic E-state index is -0.360. The van der Waals surface area contributed by atoms with Gasteiger partial charge in [0.05, 0.1) is 11.7 Å². The molecule has 0 amide bonds. The van der Waals surface area contributed by atoms with Gasteiger partial charge in [-0.1, -0.05) is 23.2 Å². The lowest BCUT2D eigenvalue weighted by Crippen LogP contribution is -2.14. The molecular formula is C13H12Cl2N2. The third-order valence-electron chi connectivity index (χ3n) is 2.55. The fourth-order valence-corrected chi connectivity index (χ4v) is 2.06. The van der Waals surface area contributed by atoms with Crippen LogP contribution in [0.1, 0.15) is 22.9 Å². The molecule has 1 atom stereocenters. The van der Waals surface area contributed by atoms with E-state index in [4.69, 9.17) is 28.9 Å². The van der Waals surface area contributed by atoms with Crippen molar-refractivity contribution in [2.75, 3.05) is 0 Å². The van der Waals surface area contributed by atoms with E-state index in [1.807, 2.05) is 19.1 Å². The first kappa shape index (κ1) is 12.4. The van der Waals surface area contributed by atoms with Crippen LogP contribution in [-0.4, -0.2) is 4.98 Å². The Morgan fingerprint density at radius 3 is 2.65 bits per heavy atom. The number of pyridine rings is 1. The Bertz CT molecular complexity index is 541. The van der Waals surface area contributed by atoms with E-state index in [0.717, 1.165) is 16.8 Å². The van der Waals surface area contributed by atoms with Gasteiger partial charge in [-0.3, -0.25) is 4.98 Å². The predicted octanol–water partition coefficient (Wildman–Crippen LogP) is 3.74. The zero-order chi connectivity index (χ0) is 12.4. The van der Waals surface area contributed by atoms with E-state index in [0.29, 0.717) is 10.0 Å². The van der Waals surface area contributed by atoms with Crippen LogP contribution in [-0.2, 0) is 0 Å². The van der Waals surface area contributed by atoms with Gasteiger partial charge in [-0.2, -0.15) is 0 Å². The second-order valence-corrected chi connectivity index (χ2v) is 4.75. The molecule has 1 aromatic carbocycles. The summed E-state index contributed by atoms with van der Waals surface area (Å²) in [6.07, 6.45) is 1.74. The predicted molar refractivity (Wildman–Crippen MR) is 71.5 cm³/mol. The highest BCUT2D eigenvalue weighted by Gasteiger charge is 2.14. The van der Waals surface area contributed by atoms with Crippen molar-refractivity contribution in [3.8, 4) is 0 Å². The third-order valence-corrected chi connectivity index (χ3v) is 3.13. The summed E-state index contributed by atoms with van der Waals surface area (Å²) < 4.78 is 0. The quantitative estimate of drug-likeness (QED) is 0.900. The van der Waals surface area contributed by atoms with Crippen LogP contribution in [0, 0.1) is 6.92 Å². The van der Waals surface area contributed by atoms with Crippen molar-refractivity contribution in [2.24, 2.45) is 5.73 Å². The highest BCUT2D eigenvalue weighted by Crippen LogP contribution is 2.28. The number of nitrogens with two attached hydrogens (primary N) is 1. The minimum Gasteiger partial charge on any atom is -0.319 e. The molecule has 0 spiro atoms. The Kier molecular flexibility index (Phi) is 3.67. The number of halogens is 2. The first-order valence-electron chi connectivity index (χ1n) is 5.21. The molecule has 0 bridgehead atoms. The van der Waals surface area contributed by atoms with Crippen LogP contribution >= 0.6 is 23.2 Å². The van der Waals surface area contributed by atoms with Crippen molar-refractivity contribution in [1.82, 2.24) is 4.98 Å². The molecule has 2 aromatic rings. The number of hydrogen-bond acceptors (Lipinski definition) is 2. The Hall–Kier alpha value is -1.09. The van der Waals surface area contributed by atoms with E-state index < -0.39 is 0 Å². The first-order valence-corrected chi connectivity index (χ1v) is 5.96. The maximum absolute atomic E-state index is 6.15. The normalized spacial score (nSPS) is 12.5. The van der Waals surface area contributed by atoms with Crippen molar-refractivity contribution < 1.29 is 0 Å². The second-order valence-electron chi connectivity index (χ2n) is 3.90. The molecule has 2 N–H and O–H groups in total. The molecule has 88 valence electrons. The van der Waals surface area contributed by atoms with Gasteiger partial charge in [0.25, 0.3) is 0 Å². The summed E-state index contributed by atoms with van der Waals surface area (Å²) in [6, 6.07) is 8.77. The summed E-state index contributed by atoms with van der Waals surface area (Å²) in [5, 5.41) is 1.22. The van der Waals surface area contributed by atoms with E-state index in [-0.39, 0.29) is 6.04 Å². The summed E-state index contributed by atoms with van der Waals surface area (Å²) >= 11 is 12.1. The van der Waals surface area contributed by atoms with Gasteiger partial charge in [0.1, 0.15) is 0 Å². The fourth-order valence-electron chi connectivity index (χ4n) is 1.64. The second kappa shape index (κ2) is 5.05. The van der Waals surface area contributed by atoms with Crippen molar-refractivity contribution in [1.29, 1.82) is 0 Å². The minimum absolute atomic E-state index is 0.360. The summed E-state index contributed by atoms with van der Waals surface area (Å²) in [7, 11) is 0. The highest BCUT2D eigenvalue weighted by molar-refractivity contribution is 6.33. The summed E-state index contributed by atoms with van der Waals surface area (Å²) in [6.45, 7) is 2.00. The van der Waals surface area contributed by atoms with E-state index in [2.05, 4.69) is 4.98 Å². The molecule has 17 heavy (non-hydrogen) atoms. The van der Waals surface area contributed by atoms with Gasteiger partial charge >= 0.3 is 0 Å². The van der Waals surface area contributed by atoms with Gasteiger partial charge < -0.3 is 5.73 Å². The number of benzene rings is 1. The SMILES string of the molecule is Cc1ccnc(C(N)c2cc(Cl)ccc2Cl)c1. The van der Waals surface area contributed by atoms with Crippen LogP contribution in [0.15, 0.2) is 36.5 Å². The van der Waals surface area contributed by atoms with Crippen LogP contribution in [0.2, 0.25) is 10.0 Å². The van der Waals surface area contributed by atoms with E-state index in [9.17, 15) is 0 Å². The number of rotatable bonds is 2. The first-order chi connectivity index (χ1) is 8.08. The largest absolute Gasteiger partial charge is 0.319 e. The Morgan fingerprint density at radius 2 is 1.94 bits per heavy atom. The van der Waals surface area contributed by atoms with E-state index in [1.54, 1.807) is 24.4 Å².